The molecule has 1 saturated heterocycles. The van der Waals surface area contributed by atoms with E-state index in [0.717, 1.165) is 37.0 Å². The molecule has 1 saturated carbocycles. The maximum absolute atomic E-state index is 13.4. The van der Waals surface area contributed by atoms with Crippen LogP contribution in [-0.4, -0.2) is 33.6 Å². The van der Waals surface area contributed by atoms with Gasteiger partial charge in [0, 0.05) is 18.4 Å². The summed E-state index contributed by atoms with van der Waals surface area (Å²) < 4.78 is 5.54. The van der Waals surface area contributed by atoms with Gasteiger partial charge in [-0.1, -0.05) is 55.7 Å². The molecule has 0 unspecified atom stereocenters. The van der Waals surface area contributed by atoms with Crippen LogP contribution < -0.4 is 4.74 Å². The van der Waals surface area contributed by atoms with Crippen molar-refractivity contribution in [2.75, 3.05) is 6.61 Å². The highest BCUT2D eigenvalue weighted by molar-refractivity contribution is 8.18. The third-order valence-corrected chi connectivity index (χ3v) is 6.56. The lowest BCUT2D eigenvalue weighted by Crippen LogP contribution is -2.40. The van der Waals surface area contributed by atoms with Gasteiger partial charge in [-0.05, 0) is 54.4 Å². The molecule has 2 aliphatic rings. The number of hydrogen-bond acceptors (Lipinski definition) is 5. The number of benzene rings is 1. The minimum atomic E-state index is 0.00723. The molecule has 0 atom stereocenters. The van der Waals surface area contributed by atoms with Gasteiger partial charge in [0.25, 0.3) is 5.91 Å². The van der Waals surface area contributed by atoms with Gasteiger partial charge in [-0.3, -0.25) is 14.7 Å². The molecule has 1 aromatic carbocycles. The number of halogens is 1. The average molecular weight is 454 g/mol. The molecule has 1 aliphatic carbocycles. The number of ether oxygens (including phenoxy) is 1. The van der Waals surface area contributed by atoms with E-state index in [1.807, 2.05) is 35.2 Å². The Kier molecular flexibility index (Phi) is 7.10. The van der Waals surface area contributed by atoms with E-state index in [0.29, 0.717) is 27.4 Å². The summed E-state index contributed by atoms with van der Waals surface area (Å²) >= 11 is 7.68. The number of amides is 1. The van der Waals surface area contributed by atoms with Crippen LogP contribution in [-0.2, 0) is 4.79 Å². The van der Waals surface area contributed by atoms with Gasteiger partial charge in [0.2, 0.25) is 0 Å². The molecule has 0 bridgehead atoms. The smallest absolute Gasteiger partial charge is 0.267 e. The van der Waals surface area contributed by atoms with Crippen molar-refractivity contribution in [3.8, 4) is 5.75 Å². The fourth-order valence-corrected chi connectivity index (χ4v) is 4.97. The van der Waals surface area contributed by atoms with Crippen molar-refractivity contribution in [2.45, 2.75) is 38.1 Å². The Labute approximate surface area is 191 Å². The lowest BCUT2D eigenvalue weighted by atomic mass is 9.94. The first kappa shape index (κ1) is 21.7. The summed E-state index contributed by atoms with van der Waals surface area (Å²) in [5, 5.41) is 1.15. The maximum atomic E-state index is 13.4. The number of carbonyl (C=O) groups excluding carboxylic acids is 1. The maximum Gasteiger partial charge on any atom is 0.267 e. The largest absolute Gasteiger partial charge is 0.490 e. The molecular formula is C24H24ClN3O2S. The molecule has 2 heterocycles. The molecule has 7 heteroatoms. The first-order valence-electron chi connectivity index (χ1n) is 10.4. The Morgan fingerprint density at radius 3 is 2.71 bits per heavy atom. The Balaban J connectivity index is 1.63. The Morgan fingerprint density at radius 2 is 2.00 bits per heavy atom. The van der Waals surface area contributed by atoms with Crippen LogP contribution in [0.3, 0.4) is 0 Å². The number of aliphatic imine (C=N–C) groups is 1. The van der Waals surface area contributed by atoms with Gasteiger partial charge >= 0.3 is 0 Å². The van der Waals surface area contributed by atoms with Crippen molar-refractivity contribution < 1.29 is 9.53 Å². The average Bonchev–Trinajstić information content (AvgIpc) is 3.10. The second-order valence-electron chi connectivity index (χ2n) is 7.47. The summed E-state index contributed by atoms with van der Waals surface area (Å²) in [5.41, 5.74) is 1.56. The topological polar surface area (TPSA) is 54.8 Å². The van der Waals surface area contributed by atoms with Gasteiger partial charge < -0.3 is 4.74 Å². The third kappa shape index (κ3) is 5.20. The summed E-state index contributed by atoms with van der Waals surface area (Å²) in [6.07, 6.45) is 12.3. The van der Waals surface area contributed by atoms with Crippen LogP contribution in [0.2, 0.25) is 5.02 Å². The second-order valence-corrected chi connectivity index (χ2v) is 8.88. The van der Waals surface area contributed by atoms with Gasteiger partial charge in [0.1, 0.15) is 12.4 Å². The quantitative estimate of drug-likeness (QED) is 0.384. The molecule has 1 aliphatic heterocycles. The minimum Gasteiger partial charge on any atom is -0.490 e. The van der Waals surface area contributed by atoms with Crippen LogP contribution in [0.15, 0.2) is 65.3 Å². The third-order valence-electron chi connectivity index (χ3n) is 5.29. The molecule has 2 fully saturated rings. The van der Waals surface area contributed by atoms with Crippen molar-refractivity contribution in [1.82, 2.24) is 9.88 Å². The highest BCUT2D eigenvalue weighted by Gasteiger charge is 2.38. The van der Waals surface area contributed by atoms with E-state index in [9.17, 15) is 4.79 Å². The number of aromatic nitrogens is 1. The zero-order valence-electron chi connectivity index (χ0n) is 17.2. The number of carbonyl (C=O) groups is 1. The molecule has 0 radical (unpaired) electrons. The SMILES string of the molecule is C=CCOc1ccc(/C=C2\SC(=Nc3ccncc3Cl)N(C3CCCCC3)C2=O)cc1. The zero-order chi connectivity index (χ0) is 21.6. The first-order valence-corrected chi connectivity index (χ1v) is 11.6. The van der Waals surface area contributed by atoms with Crippen LogP contribution in [0.4, 0.5) is 5.69 Å². The molecule has 31 heavy (non-hydrogen) atoms. The van der Waals surface area contributed by atoms with Crippen LogP contribution in [0.25, 0.3) is 6.08 Å². The van der Waals surface area contributed by atoms with Crippen molar-refractivity contribution in [3.63, 3.8) is 0 Å². The minimum absolute atomic E-state index is 0.00723. The lowest BCUT2D eigenvalue weighted by molar-refractivity contribution is -0.124. The molecule has 4 rings (SSSR count). The summed E-state index contributed by atoms with van der Waals surface area (Å²) in [6.45, 7) is 4.12. The van der Waals surface area contributed by atoms with Gasteiger partial charge in [-0.15, -0.1) is 0 Å². The Hall–Kier alpha value is -2.57. The highest BCUT2D eigenvalue weighted by atomic mass is 35.5. The highest BCUT2D eigenvalue weighted by Crippen LogP contribution is 2.39. The monoisotopic (exact) mass is 453 g/mol. The van der Waals surface area contributed by atoms with Crippen LogP contribution in [0.1, 0.15) is 37.7 Å². The molecule has 0 spiro atoms. The van der Waals surface area contributed by atoms with Crippen molar-refractivity contribution in [3.05, 3.63) is 70.9 Å². The first-order chi connectivity index (χ1) is 15.2. The number of thioether (sulfide) groups is 1. The zero-order valence-corrected chi connectivity index (χ0v) is 18.7. The fourth-order valence-electron chi connectivity index (χ4n) is 3.75. The normalized spacial score (nSPS) is 19.9. The molecule has 2 aromatic rings. The second kappa shape index (κ2) is 10.2. The lowest BCUT2D eigenvalue weighted by Gasteiger charge is -2.30. The number of amidine groups is 1. The molecule has 1 amide bonds. The molecule has 5 nitrogen and oxygen atoms in total. The molecule has 0 N–H and O–H groups in total. The Morgan fingerprint density at radius 1 is 1.23 bits per heavy atom. The Bertz CT molecular complexity index is 1010. The summed E-state index contributed by atoms with van der Waals surface area (Å²) in [4.78, 5) is 24.7. The van der Waals surface area contributed by atoms with Crippen LogP contribution in [0, 0.1) is 0 Å². The summed E-state index contributed by atoms with van der Waals surface area (Å²) in [6, 6.07) is 9.62. The van der Waals surface area contributed by atoms with E-state index in [-0.39, 0.29) is 11.9 Å². The predicted molar refractivity (Wildman–Crippen MR) is 128 cm³/mol. The van der Waals surface area contributed by atoms with E-state index in [1.54, 1.807) is 24.5 Å². The standard InChI is InChI=1S/C24H24ClN3O2S/c1-2-14-30-19-10-8-17(9-11-19)15-22-23(29)28(18-6-4-3-5-7-18)24(31-22)27-21-12-13-26-16-20(21)25/h2,8-13,15-16,18H,1,3-7,14H2/b22-15-,27-24?. The van der Waals surface area contributed by atoms with E-state index >= 15 is 0 Å². The van der Waals surface area contributed by atoms with Gasteiger partial charge in [0.15, 0.2) is 5.17 Å². The summed E-state index contributed by atoms with van der Waals surface area (Å²) in [7, 11) is 0. The predicted octanol–water partition coefficient (Wildman–Crippen LogP) is 6.24. The molecule has 160 valence electrons. The van der Waals surface area contributed by atoms with Gasteiger partial charge in [0.05, 0.1) is 15.6 Å². The van der Waals surface area contributed by atoms with E-state index in [1.165, 1.54) is 18.2 Å². The molecular weight excluding hydrogens is 430 g/mol. The van der Waals surface area contributed by atoms with E-state index in [4.69, 9.17) is 21.3 Å². The molecule has 1 aromatic heterocycles. The number of pyridine rings is 1. The van der Waals surface area contributed by atoms with Gasteiger partial charge in [-0.25, -0.2) is 4.99 Å². The number of hydrogen-bond donors (Lipinski definition) is 0. The van der Waals surface area contributed by atoms with E-state index in [2.05, 4.69) is 11.6 Å². The number of rotatable bonds is 6. The van der Waals surface area contributed by atoms with Crippen LogP contribution in [0.5, 0.6) is 5.75 Å². The van der Waals surface area contributed by atoms with E-state index < -0.39 is 0 Å². The fraction of sp³-hybridized carbons (Fsp3) is 0.292. The van der Waals surface area contributed by atoms with Gasteiger partial charge in [-0.2, -0.15) is 0 Å². The van der Waals surface area contributed by atoms with Crippen molar-refractivity contribution >= 4 is 46.2 Å². The van der Waals surface area contributed by atoms with Crippen LogP contribution >= 0.6 is 23.4 Å². The van der Waals surface area contributed by atoms with Crippen molar-refractivity contribution in [2.24, 2.45) is 4.99 Å². The summed E-state index contributed by atoms with van der Waals surface area (Å²) in [5.74, 6) is 0.777. The number of nitrogens with zero attached hydrogens (tertiary/aromatic N) is 3. The van der Waals surface area contributed by atoms with Crippen molar-refractivity contribution in [1.29, 1.82) is 0 Å².